The first-order chi connectivity index (χ1) is 16.0. The highest BCUT2D eigenvalue weighted by Gasteiger charge is 2.30. The van der Waals surface area contributed by atoms with E-state index in [0.29, 0.717) is 5.03 Å². The van der Waals surface area contributed by atoms with Crippen molar-refractivity contribution in [1.29, 1.82) is 5.26 Å². The lowest BCUT2D eigenvalue weighted by Gasteiger charge is -2.37. The molecule has 5 rings (SSSR count). The van der Waals surface area contributed by atoms with Crippen LogP contribution in [0.4, 0.5) is 5.69 Å². The van der Waals surface area contributed by atoms with E-state index in [1.807, 2.05) is 29.5 Å². The fourth-order valence-corrected chi connectivity index (χ4v) is 5.48. The van der Waals surface area contributed by atoms with Gasteiger partial charge in [0.15, 0.2) is 0 Å². The Balaban J connectivity index is 1.32. The summed E-state index contributed by atoms with van der Waals surface area (Å²) < 4.78 is 2.16. The van der Waals surface area contributed by atoms with Crippen molar-refractivity contribution in [2.24, 2.45) is 11.8 Å². The fourth-order valence-electron chi connectivity index (χ4n) is 5.27. The van der Waals surface area contributed by atoms with Crippen LogP contribution in [-0.4, -0.2) is 59.1 Å². The summed E-state index contributed by atoms with van der Waals surface area (Å²) in [5.41, 5.74) is 3.13. The number of carbonyl (C=O) groups excluding carboxylic acids is 1. The molecule has 0 saturated carbocycles. The first kappa shape index (κ1) is 22.0. The third-order valence-corrected chi connectivity index (χ3v) is 7.50. The molecule has 1 aliphatic carbocycles. The third kappa shape index (κ3) is 4.25. The first-order valence-corrected chi connectivity index (χ1v) is 12.1. The minimum Gasteiger partial charge on any atom is -0.368 e. The molecular formula is C25H29ClN6O. The van der Waals surface area contributed by atoms with Gasteiger partial charge >= 0.3 is 0 Å². The van der Waals surface area contributed by atoms with Gasteiger partial charge in [-0.25, -0.2) is 4.98 Å². The zero-order chi connectivity index (χ0) is 22.9. The van der Waals surface area contributed by atoms with Crippen LogP contribution in [0.2, 0.25) is 0 Å². The van der Waals surface area contributed by atoms with Crippen LogP contribution in [0, 0.1) is 23.2 Å². The molecule has 4 atom stereocenters. The summed E-state index contributed by atoms with van der Waals surface area (Å²) in [5, 5.41) is 13.6. The van der Waals surface area contributed by atoms with E-state index in [1.165, 1.54) is 0 Å². The Kier molecular flexibility index (Phi) is 6.13. The van der Waals surface area contributed by atoms with Gasteiger partial charge < -0.3 is 19.7 Å². The van der Waals surface area contributed by atoms with Crippen molar-refractivity contribution >= 4 is 34.2 Å². The molecular weight excluding hydrogens is 436 g/mol. The second-order valence-corrected chi connectivity index (χ2v) is 9.61. The van der Waals surface area contributed by atoms with Crippen molar-refractivity contribution < 1.29 is 4.79 Å². The van der Waals surface area contributed by atoms with Crippen LogP contribution >= 0.6 is 11.6 Å². The predicted molar refractivity (Wildman–Crippen MR) is 130 cm³/mol. The number of carbonyl (C=O) groups is 1. The maximum Gasteiger partial charge on any atom is 0.239 e. The molecule has 1 aromatic heterocycles. The summed E-state index contributed by atoms with van der Waals surface area (Å²) in [6.45, 7) is 6.19. The number of halogens is 1. The Morgan fingerprint density at radius 2 is 2.12 bits per heavy atom. The molecule has 2 aliphatic heterocycles. The number of anilines is 1. The Hall–Kier alpha value is -2.82. The Bertz CT molecular complexity index is 1130. The summed E-state index contributed by atoms with van der Waals surface area (Å²) >= 11 is 6.12. The molecule has 33 heavy (non-hydrogen) atoms. The van der Waals surface area contributed by atoms with E-state index in [9.17, 15) is 10.1 Å². The molecule has 2 fully saturated rings. The van der Waals surface area contributed by atoms with Gasteiger partial charge in [0.25, 0.3) is 0 Å². The molecule has 1 aromatic carbocycles. The number of nitriles is 1. The van der Waals surface area contributed by atoms with E-state index < -0.39 is 0 Å². The average Bonchev–Trinajstić information content (AvgIpc) is 3.53. The standard InChI is InChI=1S/C25H29ClN6O/c1-17(21-6-4-19(26)13-18(21)15-27)32-16-29-22-7-5-20(14-24(22)32)30-9-11-31(12-10-30)25(33)23-3-2-8-28-23/h4-7,13-14,16-18,21,23,28H,2-3,8-12H2,1H3/t17?,18?,21?,23-/m1/s1. The van der Waals surface area contributed by atoms with Gasteiger partial charge in [-0.1, -0.05) is 17.7 Å². The van der Waals surface area contributed by atoms with Crippen molar-refractivity contribution in [2.75, 3.05) is 37.6 Å². The van der Waals surface area contributed by atoms with Gasteiger partial charge in [-0.3, -0.25) is 4.79 Å². The van der Waals surface area contributed by atoms with Crippen LogP contribution in [0.5, 0.6) is 0 Å². The van der Waals surface area contributed by atoms with E-state index in [2.05, 4.69) is 51.0 Å². The number of aromatic nitrogens is 2. The van der Waals surface area contributed by atoms with Gasteiger partial charge in [0.2, 0.25) is 5.91 Å². The minimum absolute atomic E-state index is 0.000427. The van der Waals surface area contributed by atoms with E-state index >= 15 is 0 Å². The fraction of sp³-hybridized carbons (Fsp3) is 0.480. The summed E-state index contributed by atoms with van der Waals surface area (Å²) in [4.78, 5) is 21.7. The predicted octanol–water partition coefficient (Wildman–Crippen LogP) is 3.45. The highest BCUT2D eigenvalue weighted by molar-refractivity contribution is 6.31. The first-order valence-electron chi connectivity index (χ1n) is 11.7. The van der Waals surface area contributed by atoms with Crippen molar-refractivity contribution in [3.8, 4) is 6.07 Å². The van der Waals surface area contributed by atoms with E-state index in [0.717, 1.165) is 62.3 Å². The molecule has 0 bridgehead atoms. The number of hydrogen-bond donors (Lipinski definition) is 1. The summed E-state index contributed by atoms with van der Waals surface area (Å²) in [6.07, 6.45) is 9.64. The lowest BCUT2D eigenvalue weighted by molar-refractivity contribution is -0.133. The maximum atomic E-state index is 12.7. The summed E-state index contributed by atoms with van der Waals surface area (Å²) in [5.74, 6) is 0.00616. The second-order valence-electron chi connectivity index (χ2n) is 9.17. The van der Waals surface area contributed by atoms with Crippen molar-refractivity contribution in [3.05, 3.63) is 47.8 Å². The summed E-state index contributed by atoms with van der Waals surface area (Å²) in [7, 11) is 0. The molecule has 3 heterocycles. The van der Waals surface area contributed by atoms with Gasteiger partial charge in [0.05, 0.1) is 35.4 Å². The van der Waals surface area contributed by atoms with Crippen LogP contribution in [0.1, 0.15) is 25.8 Å². The maximum absolute atomic E-state index is 12.7. The van der Waals surface area contributed by atoms with Gasteiger partial charge in [-0.2, -0.15) is 5.26 Å². The third-order valence-electron chi connectivity index (χ3n) is 7.25. The molecule has 172 valence electrons. The molecule has 0 radical (unpaired) electrons. The normalized spacial score (nSPS) is 26.3. The quantitative estimate of drug-likeness (QED) is 0.749. The molecule has 8 heteroatoms. The van der Waals surface area contributed by atoms with Crippen LogP contribution < -0.4 is 10.2 Å². The molecule has 7 nitrogen and oxygen atoms in total. The number of hydrogen-bond acceptors (Lipinski definition) is 5. The highest BCUT2D eigenvalue weighted by atomic mass is 35.5. The largest absolute Gasteiger partial charge is 0.368 e. The summed E-state index contributed by atoms with van der Waals surface area (Å²) in [6, 6.07) is 8.79. The Morgan fingerprint density at radius 1 is 1.30 bits per heavy atom. The smallest absolute Gasteiger partial charge is 0.239 e. The molecule has 1 N–H and O–H groups in total. The number of allylic oxidation sites excluding steroid dienone is 4. The number of piperazine rings is 1. The topological polar surface area (TPSA) is 77.2 Å². The van der Waals surface area contributed by atoms with Crippen LogP contribution in [0.3, 0.4) is 0 Å². The van der Waals surface area contributed by atoms with Crippen molar-refractivity contribution in [1.82, 2.24) is 19.8 Å². The van der Waals surface area contributed by atoms with Gasteiger partial charge in [-0.05, 0) is 56.7 Å². The average molecular weight is 465 g/mol. The highest BCUT2D eigenvalue weighted by Crippen LogP contribution is 2.35. The molecule has 3 aliphatic rings. The number of rotatable bonds is 4. The number of fused-ring (bicyclic) bond motifs is 1. The molecule has 3 unspecified atom stereocenters. The van der Waals surface area contributed by atoms with E-state index in [-0.39, 0.29) is 29.8 Å². The number of benzene rings is 1. The Morgan fingerprint density at radius 3 is 2.85 bits per heavy atom. The second kappa shape index (κ2) is 9.20. The molecule has 0 spiro atoms. The Labute approximate surface area is 199 Å². The van der Waals surface area contributed by atoms with Gasteiger partial charge in [-0.15, -0.1) is 0 Å². The zero-order valence-corrected chi connectivity index (χ0v) is 19.6. The van der Waals surface area contributed by atoms with Crippen LogP contribution in [-0.2, 0) is 4.79 Å². The van der Waals surface area contributed by atoms with E-state index in [1.54, 1.807) is 0 Å². The SMILES string of the molecule is CC(C1C=CC(Cl)=CC1C#N)n1cnc2ccc(N3CCN(C(=O)[C@H]4CCCN4)CC3)cc21. The monoisotopic (exact) mass is 464 g/mol. The van der Waals surface area contributed by atoms with Crippen LogP contribution in [0.25, 0.3) is 11.0 Å². The van der Waals surface area contributed by atoms with Crippen molar-refractivity contribution in [3.63, 3.8) is 0 Å². The molecule has 1 amide bonds. The molecule has 2 aromatic rings. The molecule has 2 saturated heterocycles. The minimum atomic E-state index is -0.266. The number of nitrogens with one attached hydrogen (secondary N) is 1. The number of imidazole rings is 1. The zero-order valence-electron chi connectivity index (χ0n) is 18.8. The van der Waals surface area contributed by atoms with Crippen molar-refractivity contribution in [2.45, 2.75) is 31.8 Å². The lowest BCUT2D eigenvalue weighted by Crippen LogP contribution is -2.53. The number of amides is 1. The number of nitrogens with zero attached hydrogens (tertiary/aromatic N) is 5. The van der Waals surface area contributed by atoms with Crippen LogP contribution in [0.15, 0.2) is 47.8 Å². The van der Waals surface area contributed by atoms with Gasteiger partial charge in [0, 0.05) is 48.9 Å². The van der Waals surface area contributed by atoms with E-state index in [4.69, 9.17) is 11.6 Å². The lowest BCUT2D eigenvalue weighted by atomic mass is 9.84. The van der Waals surface area contributed by atoms with Gasteiger partial charge in [0.1, 0.15) is 0 Å².